The Labute approximate surface area is 204 Å². The number of carbonyl (C=O) groups excluding carboxylic acids is 2. The van der Waals surface area contributed by atoms with Crippen LogP contribution in [0.2, 0.25) is 0 Å². The van der Waals surface area contributed by atoms with E-state index in [4.69, 9.17) is 19.2 Å². The zero-order valence-electron chi connectivity index (χ0n) is 20.2. The molecule has 0 aliphatic carbocycles. The number of aliphatic imine (C=N–C) groups is 1. The maximum absolute atomic E-state index is 13.3. The van der Waals surface area contributed by atoms with Crippen molar-refractivity contribution in [2.45, 2.75) is 51.9 Å². The molecule has 4 rings (SSSR count). The van der Waals surface area contributed by atoms with E-state index in [2.05, 4.69) is 0 Å². The molecule has 0 radical (unpaired) electrons. The maximum Gasteiger partial charge on any atom is 0.338 e. The van der Waals surface area contributed by atoms with Crippen molar-refractivity contribution in [3.63, 3.8) is 0 Å². The third kappa shape index (κ3) is 4.59. The van der Waals surface area contributed by atoms with Crippen molar-refractivity contribution >= 4 is 28.8 Å². The van der Waals surface area contributed by atoms with E-state index < -0.39 is 12.0 Å². The van der Waals surface area contributed by atoms with Gasteiger partial charge in [0.15, 0.2) is 5.17 Å². The van der Waals surface area contributed by atoms with Crippen LogP contribution in [0.5, 0.6) is 5.75 Å². The minimum absolute atomic E-state index is 0.00551. The summed E-state index contributed by atoms with van der Waals surface area (Å²) < 4.78 is 16.6. The van der Waals surface area contributed by atoms with Crippen LogP contribution in [0.15, 0.2) is 51.6 Å². The fraction of sp³-hybridized carbons (Fsp3) is 0.480. The van der Waals surface area contributed by atoms with Gasteiger partial charge in [0, 0.05) is 24.4 Å². The number of hydrogen-bond acceptors (Lipinski definition) is 8. The Kier molecular flexibility index (Phi) is 7.33. The van der Waals surface area contributed by atoms with E-state index in [-0.39, 0.29) is 24.5 Å². The fourth-order valence-corrected chi connectivity index (χ4v) is 5.68. The molecule has 0 N–H and O–H groups in total. The van der Waals surface area contributed by atoms with Gasteiger partial charge in [-0.05, 0) is 31.7 Å². The largest absolute Gasteiger partial charge is 0.496 e. The van der Waals surface area contributed by atoms with E-state index in [0.29, 0.717) is 36.5 Å². The lowest BCUT2D eigenvalue weighted by molar-refractivity contribution is -0.142. The third-order valence-corrected chi connectivity index (χ3v) is 7.06. The van der Waals surface area contributed by atoms with Gasteiger partial charge in [0.05, 0.1) is 50.2 Å². The third-order valence-electron chi connectivity index (χ3n) is 6.17. The van der Waals surface area contributed by atoms with Gasteiger partial charge in [0.1, 0.15) is 5.75 Å². The van der Waals surface area contributed by atoms with Crippen LogP contribution in [0.1, 0.15) is 45.2 Å². The molecule has 0 bridgehead atoms. The van der Waals surface area contributed by atoms with Crippen LogP contribution >= 0.6 is 11.8 Å². The molecule has 34 heavy (non-hydrogen) atoms. The highest BCUT2D eigenvalue weighted by atomic mass is 32.2. The summed E-state index contributed by atoms with van der Waals surface area (Å²) in [6.07, 6.45) is 0.766. The molecule has 0 spiro atoms. The van der Waals surface area contributed by atoms with Gasteiger partial charge in [0.25, 0.3) is 0 Å². The van der Waals surface area contributed by atoms with Crippen LogP contribution in [0, 0.1) is 0 Å². The van der Waals surface area contributed by atoms with Gasteiger partial charge in [-0.25, -0.2) is 9.79 Å². The Bertz CT molecular complexity index is 1060. The highest BCUT2D eigenvalue weighted by Crippen LogP contribution is 2.47. The lowest BCUT2D eigenvalue weighted by Gasteiger charge is -2.38. The summed E-state index contributed by atoms with van der Waals surface area (Å²) in [5.74, 6) is 0.247. The first-order valence-electron chi connectivity index (χ1n) is 11.5. The molecule has 0 saturated carbocycles. The first-order valence-corrected chi connectivity index (χ1v) is 12.4. The number of morpholine rings is 1. The van der Waals surface area contributed by atoms with Gasteiger partial charge < -0.3 is 24.0 Å². The number of benzene rings is 1. The van der Waals surface area contributed by atoms with Crippen molar-refractivity contribution in [3.8, 4) is 5.75 Å². The summed E-state index contributed by atoms with van der Waals surface area (Å²) in [5, 5.41) is 2.70. The summed E-state index contributed by atoms with van der Waals surface area (Å²) in [7, 11) is 2.99. The van der Waals surface area contributed by atoms with E-state index in [9.17, 15) is 9.59 Å². The van der Waals surface area contributed by atoms with E-state index in [1.165, 1.54) is 18.9 Å². The number of rotatable bonds is 6. The normalized spacial score (nSPS) is 24.4. The first-order chi connectivity index (χ1) is 16.4. The smallest absolute Gasteiger partial charge is 0.338 e. The highest BCUT2D eigenvalue weighted by molar-refractivity contribution is 8.16. The lowest BCUT2D eigenvalue weighted by Crippen LogP contribution is -2.48. The molecule has 9 heteroatoms. The molecule has 8 nitrogen and oxygen atoms in total. The average molecular weight is 486 g/mol. The topological polar surface area (TPSA) is 80.7 Å². The van der Waals surface area contributed by atoms with E-state index in [0.717, 1.165) is 16.4 Å². The minimum atomic E-state index is -0.511. The number of fused-ring (bicyclic) bond motifs is 1. The summed E-state index contributed by atoms with van der Waals surface area (Å²) in [6.45, 7) is 7.05. The second-order valence-corrected chi connectivity index (χ2v) is 9.41. The molecule has 3 heterocycles. The van der Waals surface area contributed by atoms with Crippen LogP contribution in [0.4, 0.5) is 0 Å². The number of carbonyl (C=O) groups is 2. The van der Waals surface area contributed by atoms with Crippen LogP contribution in [0.3, 0.4) is 0 Å². The molecule has 3 aliphatic rings. The van der Waals surface area contributed by atoms with Crippen molar-refractivity contribution in [2.75, 3.05) is 27.3 Å². The number of allylic oxidation sites excluding steroid dienone is 1. The Balaban J connectivity index is 1.72. The van der Waals surface area contributed by atoms with Crippen molar-refractivity contribution in [2.24, 2.45) is 4.99 Å². The van der Waals surface area contributed by atoms with Gasteiger partial charge in [-0.3, -0.25) is 4.79 Å². The van der Waals surface area contributed by atoms with Crippen LogP contribution in [-0.4, -0.2) is 66.4 Å². The molecular formula is C25H31N3O5S. The molecule has 3 atom stereocenters. The highest BCUT2D eigenvalue weighted by Gasteiger charge is 2.43. The molecule has 1 aromatic carbocycles. The van der Waals surface area contributed by atoms with Crippen LogP contribution in [-0.2, 0) is 19.1 Å². The van der Waals surface area contributed by atoms with Gasteiger partial charge in [-0.1, -0.05) is 36.9 Å². The predicted molar refractivity (Wildman–Crippen MR) is 131 cm³/mol. The first kappa shape index (κ1) is 24.3. The van der Waals surface area contributed by atoms with Crippen LogP contribution < -0.4 is 4.74 Å². The van der Waals surface area contributed by atoms with E-state index in [1.807, 2.05) is 60.2 Å². The maximum atomic E-state index is 13.3. The number of esters is 1. The summed E-state index contributed by atoms with van der Waals surface area (Å²) >= 11 is 1.47. The summed E-state index contributed by atoms with van der Waals surface area (Å²) in [5.41, 5.74) is 2.76. The number of para-hydroxylation sites is 1. The number of amidine groups is 1. The predicted octanol–water partition coefficient (Wildman–Crippen LogP) is 3.86. The lowest BCUT2D eigenvalue weighted by atomic mass is 9.92. The minimum Gasteiger partial charge on any atom is -0.496 e. The van der Waals surface area contributed by atoms with Gasteiger partial charge in [-0.15, -0.1) is 0 Å². The Morgan fingerprint density at radius 3 is 2.53 bits per heavy atom. The van der Waals surface area contributed by atoms with Gasteiger partial charge in [0.2, 0.25) is 5.91 Å². The SMILES string of the molecule is CCC1=C(C(=O)OC)[C@H](c2ccccc2OC)N2C(CC(=O)N3C[C@@H](C)O[C@@H](C)C3)=CSC2=N1. The molecule has 1 saturated heterocycles. The van der Waals surface area contributed by atoms with Crippen molar-refractivity contribution in [1.82, 2.24) is 9.80 Å². The number of thioether (sulfide) groups is 1. The number of methoxy groups -OCH3 is 2. The monoisotopic (exact) mass is 485 g/mol. The molecule has 1 amide bonds. The standard InChI is InChI=1S/C25H31N3O5S/c1-6-19-22(24(30)32-5)23(18-9-7-8-10-20(18)31-4)28-17(14-34-25(28)26-19)11-21(29)27-12-15(2)33-16(3)13-27/h7-10,14-16,23H,6,11-13H2,1-5H3/t15-,16+,23-/m0/s1. The molecule has 0 unspecified atom stereocenters. The van der Waals surface area contributed by atoms with Crippen LogP contribution in [0.25, 0.3) is 0 Å². The molecule has 1 fully saturated rings. The van der Waals surface area contributed by atoms with Crippen molar-refractivity contribution in [1.29, 1.82) is 0 Å². The van der Waals surface area contributed by atoms with Gasteiger partial charge >= 0.3 is 5.97 Å². The zero-order valence-corrected chi connectivity index (χ0v) is 21.1. The van der Waals surface area contributed by atoms with Crippen molar-refractivity contribution < 1.29 is 23.8 Å². The molecule has 0 aromatic heterocycles. The molecule has 1 aromatic rings. The summed E-state index contributed by atoms with van der Waals surface area (Å²) in [4.78, 5) is 35.0. The quantitative estimate of drug-likeness (QED) is 0.566. The molecular weight excluding hydrogens is 454 g/mol. The Morgan fingerprint density at radius 2 is 1.88 bits per heavy atom. The Hall–Kier alpha value is -2.78. The average Bonchev–Trinajstić information content (AvgIpc) is 3.23. The fourth-order valence-electron chi connectivity index (χ4n) is 4.75. The zero-order chi connectivity index (χ0) is 24.4. The van der Waals surface area contributed by atoms with E-state index >= 15 is 0 Å². The second-order valence-electron chi connectivity index (χ2n) is 8.57. The number of hydrogen-bond donors (Lipinski definition) is 0. The number of nitrogens with zero attached hydrogens (tertiary/aromatic N) is 3. The van der Waals surface area contributed by atoms with E-state index in [1.54, 1.807) is 7.11 Å². The molecule has 3 aliphatic heterocycles. The van der Waals surface area contributed by atoms with Gasteiger partial charge in [-0.2, -0.15) is 0 Å². The second kappa shape index (κ2) is 10.2. The number of ether oxygens (including phenoxy) is 3. The Morgan fingerprint density at radius 1 is 1.18 bits per heavy atom. The summed E-state index contributed by atoms with van der Waals surface area (Å²) in [6, 6.07) is 7.11. The van der Waals surface area contributed by atoms with Crippen molar-refractivity contribution in [3.05, 3.63) is 52.2 Å². The number of amides is 1. The molecule has 182 valence electrons.